The molecule has 9 nitrogen and oxygen atoms in total. The molecule has 0 radical (unpaired) electrons. The maximum atomic E-state index is 12.7. The first-order valence-corrected chi connectivity index (χ1v) is 13.0. The van der Waals surface area contributed by atoms with Crippen molar-refractivity contribution in [2.45, 2.75) is 45.3 Å². The van der Waals surface area contributed by atoms with Gasteiger partial charge in [-0.1, -0.05) is 18.2 Å². The van der Waals surface area contributed by atoms with Crippen molar-refractivity contribution in [2.24, 2.45) is 0 Å². The molecule has 0 saturated carbocycles. The van der Waals surface area contributed by atoms with E-state index in [4.69, 9.17) is 18.9 Å². The highest BCUT2D eigenvalue weighted by molar-refractivity contribution is 5.69. The lowest BCUT2D eigenvalue weighted by Gasteiger charge is -2.29. The van der Waals surface area contributed by atoms with Crippen LogP contribution in [0.15, 0.2) is 54.7 Å². The fourth-order valence-electron chi connectivity index (χ4n) is 4.14. The molecule has 1 N–H and O–H groups in total. The molecule has 0 spiro atoms. The number of hydrogen-bond acceptors (Lipinski definition) is 8. The van der Waals surface area contributed by atoms with Crippen LogP contribution in [0.1, 0.15) is 45.0 Å². The number of likely N-dealkylation sites (tertiary alicyclic amines) is 1. The highest BCUT2D eigenvalue weighted by Gasteiger charge is 2.32. The van der Waals surface area contributed by atoms with Crippen LogP contribution in [-0.4, -0.2) is 59.9 Å². The van der Waals surface area contributed by atoms with E-state index in [9.17, 15) is 4.79 Å². The second-order valence-electron chi connectivity index (χ2n) is 10.2. The Bertz CT molecular complexity index is 1270. The largest absolute Gasteiger partial charge is 0.497 e. The number of anilines is 1. The van der Waals surface area contributed by atoms with E-state index in [2.05, 4.69) is 15.3 Å². The van der Waals surface area contributed by atoms with E-state index in [1.807, 2.05) is 81.5 Å². The van der Waals surface area contributed by atoms with Crippen LogP contribution < -0.4 is 19.5 Å². The first-order chi connectivity index (χ1) is 18.7. The minimum absolute atomic E-state index is 0.0108. The average Bonchev–Trinajstić information content (AvgIpc) is 3.40. The van der Waals surface area contributed by atoms with Gasteiger partial charge in [-0.3, -0.25) is 0 Å². The molecule has 206 valence electrons. The third-order valence-corrected chi connectivity index (χ3v) is 6.12. The molecular formula is C30H36N4O5. The van der Waals surface area contributed by atoms with E-state index < -0.39 is 5.60 Å². The van der Waals surface area contributed by atoms with Gasteiger partial charge in [-0.15, -0.1) is 0 Å². The number of amides is 1. The summed E-state index contributed by atoms with van der Waals surface area (Å²) in [7, 11) is 3.26. The summed E-state index contributed by atoms with van der Waals surface area (Å²) in [5.41, 5.74) is 1.08. The molecule has 1 aliphatic rings. The Kier molecular flexibility index (Phi) is 8.91. The van der Waals surface area contributed by atoms with Gasteiger partial charge in [0.25, 0.3) is 0 Å². The fraction of sp³-hybridized carbons (Fsp3) is 0.367. The molecule has 4 rings (SSSR count). The van der Waals surface area contributed by atoms with Crippen LogP contribution in [0.2, 0.25) is 0 Å². The Labute approximate surface area is 229 Å². The maximum Gasteiger partial charge on any atom is 0.410 e. The van der Waals surface area contributed by atoms with Crippen LogP contribution in [0.5, 0.6) is 23.1 Å². The summed E-state index contributed by atoms with van der Waals surface area (Å²) < 4.78 is 22.2. The van der Waals surface area contributed by atoms with Crippen LogP contribution in [0, 0.1) is 0 Å². The molecule has 9 heteroatoms. The van der Waals surface area contributed by atoms with Gasteiger partial charge in [-0.25, -0.2) is 9.78 Å². The Morgan fingerprint density at radius 2 is 1.64 bits per heavy atom. The third-order valence-electron chi connectivity index (χ3n) is 6.12. The molecule has 3 aromatic rings. The van der Waals surface area contributed by atoms with Gasteiger partial charge in [0.1, 0.15) is 28.5 Å². The summed E-state index contributed by atoms with van der Waals surface area (Å²) in [6, 6.07) is 15.0. The second kappa shape index (κ2) is 12.5. The lowest BCUT2D eigenvalue weighted by molar-refractivity contribution is 0.0235. The minimum atomic E-state index is -0.542. The Balaban J connectivity index is 1.52. The van der Waals surface area contributed by atoms with E-state index in [-0.39, 0.29) is 12.1 Å². The zero-order valence-corrected chi connectivity index (χ0v) is 23.1. The normalized spacial score (nSPS) is 15.3. The number of aromatic nitrogens is 2. The molecule has 1 aliphatic heterocycles. The molecule has 1 aromatic heterocycles. The number of carbonyl (C=O) groups excluding carboxylic acids is 1. The molecule has 1 saturated heterocycles. The van der Waals surface area contributed by atoms with Crippen LogP contribution >= 0.6 is 0 Å². The summed E-state index contributed by atoms with van der Waals surface area (Å²) in [6.45, 7) is 6.81. The molecular weight excluding hydrogens is 496 g/mol. The van der Waals surface area contributed by atoms with Crippen molar-refractivity contribution in [1.29, 1.82) is 0 Å². The Hall–Kier alpha value is -4.27. The smallest absolute Gasteiger partial charge is 0.410 e. The average molecular weight is 533 g/mol. The fourth-order valence-corrected chi connectivity index (χ4v) is 4.14. The number of rotatable bonds is 9. The van der Waals surface area contributed by atoms with Crippen LogP contribution in [0.4, 0.5) is 10.5 Å². The molecule has 1 amide bonds. The number of methoxy groups -OCH3 is 2. The molecule has 2 aromatic carbocycles. The summed E-state index contributed by atoms with van der Waals surface area (Å²) in [4.78, 5) is 23.7. The zero-order chi connectivity index (χ0) is 27.8. The number of ether oxygens (including phenoxy) is 4. The minimum Gasteiger partial charge on any atom is -0.497 e. The Morgan fingerprint density at radius 3 is 2.28 bits per heavy atom. The van der Waals surface area contributed by atoms with Gasteiger partial charge >= 0.3 is 6.09 Å². The van der Waals surface area contributed by atoms with Gasteiger partial charge in [0, 0.05) is 13.1 Å². The van der Waals surface area contributed by atoms with Crippen molar-refractivity contribution in [2.75, 3.05) is 32.6 Å². The van der Waals surface area contributed by atoms with Gasteiger partial charge in [-0.2, -0.15) is 4.98 Å². The number of benzene rings is 2. The van der Waals surface area contributed by atoms with E-state index in [0.717, 1.165) is 29.9 Å². The molecule has 0 unspecified atom stereocenters. The highest BCUT2D eigenvalue weighted by Crippen LogP contribution is 2.30. The van der Waals surface area contributed by atoms with Crippen molar-refractivity contribution in [1.82, 2.24) is 14.9 Å². The van der Waals surface area contributed by atoms with E-state index in [1.165, 1.54) is 0 Å². The monoisotopic (exact) mass is 532 g/mol. The number of nitrogens with zero attached hydrogens (tertiary/aromatic N) is 3. The molecule has 0 bridgehead atoms. The highest BCUT2D eigenvalue weighted by atomic mass is 16.6. The molecule has 2 heterocycles. The maximum absolute atomic E-state index is 12.7. The topological polar surface area (TPSA) is 95.0 Å². The van der Waals surface area contributed by atoms with Crippen molar-refractivity contribution < 1.29 is 23.7 Å². The van der Waals surface area contributed by atoms with Gasteiger partial charge in [0.05, 0.1) is 26.5 Å². The lowest BCUT2D eigenvalue weighted by Crippen LogP contribution is -2.42. The first kappa shape index (κ1) is 27.8. The number of carbonyl (C=O) groups is 1. The predicted octanol–water partition coefficient (Wildman–Crippen LogP) is 6.27. The SMILES string of the molecule is COc1ccc(/C=C/c2ncc(NC[C@@H]3CCCN3C(=O)OC(C)(C)C)c(Oc3ccc(OC)cc3)n2)cc1. The number of hydrogen-bond donors (Lipinski definition) is 1. The van der Waals surface area contributed by atoms with Gasteiger partial charge < -0.3 is 29.2 Å². The molecule has 1 atom stereocenters. The van der Waals surface area contributed by atoms with Gasteiger partial charge in [-0.05, 0) is 81.7 Å². The van der Waals surface area contributed by atoms with Gasteiger partial charge in [0.2, 0.25) is 5.88 Å². The van der Waals surface area contributed by atoms with Crippen molar-refractivity contribution in [3.05, 3.63) is 66.1 Å². The van der Waals surface area contributed by atoms with E-state index in [0.29, 0.717) is 36.2 Å². The molecule has 1 fully saturated rings. The summed E-state index contributed by atoms with van der Waals surface area (Å²) in [5.74, 6) is 3.01. The third kappa shape index (κ3) is 7.86. The summed E-state index contributed by atoms with van der Waals surface area (Å²) >= 11 is 0. The quantitative estimate of drug-likeness (QED) is 0.345. The number of nitrogens with one attached hydrogen (secondary N) is 1. The lowest BCUT2D eigenvalue weighted by atomic mass is 10.2. The molecule has 39 heavy (non-hydrogen) atoms. The first-order valence-electron chi connectivity index (χ1n) is 13.0. The Morgan fingerprint density at radius 1 is 1.00 bits per heavy atom. The predicted molar refractivity (Wildman–Crippen MR) is 151 cm³/mol. The summed E-state index contributed by atoms with van der Waals surface area (Å²) in [5, 5.41) is 3.40. The second-order valence-corrected chi connectivity index (χ2v) is 10.2. The summed E-state index contributed by atoms with van der Waals surface area (Å²) in [6.07, 6.45) is 6.96. The zero-order valence-electron chi connectivity index (χ0n) is 23.1. The van der Waals surface area contributed by atoms with Crippen molar-refractivity contribution in [3.63, 3.8) is 0 Å². The van der Waals surface area contributed by atoms with Crippen LogP contribution in [0.25, 0.3) is 12.2 Å². The van der Waals surface area contributed by atoms with Crippen molar-refractivity contribution in [3.8, 4) is 23.1 Å². The van der Waals surface area contributed by atoms with Crippen LogP contribution in [-0.2, 0) is 4.74 Å². The van der Waals surface area contributed by atoms with E-state index >= 15 is 0 Å². The standard InChI is InChI=1S/C30H36N4O5/c1-30(2,3)39-29(35)34-18-6-7-22(34)19-31-26-20-32-27(17-10-21-8-11-23(36-4)12-9-21)33-28(26)38-25-15-13-24(37-5)14-16-25/h8-17,20,22,31H,6-7,18-19H2,1-5H3/b17-10+/t22-/m0/s1. The van der Waals surface area contributed by atoms with Crippen molar-refractivity contribution >= 4 is 23.9 Å². The van der Waals surface area contributed by atoms with E-state index in [1.54, 1.807) is 25.3 Å². The van der Waals surface area contributed by atoms with Crippen LogP contribution in [0.3, 0.4) is 0 Å². The van der Waals surface area contributed by atoms with Gasteiger partial charge in [0.15, 0.2) is 5.82 Å². The molecule has 0 aliphatic carbocycles.